The average Bonchev–Trinajstić information content (AvgIpc) is 2.45. The molecule has 7 atom stereocenters. The molecule has 0 saturated carbocycles. The smallest absolute Gasteiger partial charge is 0.220 e. The van der Waals surface area contributed by atoms with Gasteiger partial charge in [0.25, 0.3) is 0 Å². The van der Waals surface area contributed by atoms with Gasteiger partial charge in [0.15, 0.2) is 6.29 Å². The first kappa shape index (κ1) is 16.1. The summed E-state index contributed by atoms with van der Waals surface area (Å²) in [7, 11) is 4.49. The lowest BCUT2D eigenvalue weighted by molar-refractivity contribution is -0.477. The van der Waals surface area contributed by atoms with Crippen molar-refractivity contribution in [1.82, 2.24) is 0 Å². The Bertz CT molecular complexity index is 352. The van der Waals surface area contributed by atoms with Crippen molar-refractivity contribution < 1.29 is 33.5 Å². The molecular formula is C13H24O7. The van der Waals surface area contributed by atoms with Crippen LogP contribution in [-0.4, -0.2) is 68.7 Å². The first-order valence-electron chi connectivity index (χ1n) is 6.64. The van der Waals surface area contributed by atoms with Crippen LogP contribution in [0.3, 0.4) is 0 Å². The van der Waals surface area contributed by atoms with E-state index in [2.05, 4.69) is 0 Å². The summed E-state index contributed by atoms with van der Waals surface area (Å²) in [5.41, 5.74) is 0. The second-order valence-corrected chi connectivity index (χ2v) is 5.40. The fourth-order valence-corrected chi connectivity index (χ4v) is 2.68. The van der Waals surface area contributed by atoms with E-state index in [0.29, 0.717) is 0 Å². The highest BCUT2D eigenvalue weighted by molar-refractivity contribution is 4.98. The highest BCUT2D eigenvalue weighted by Crippen LogP contribution is 2.43. The Morgan fingerprint density at radius 3 is 1.90 bits per heavy atom. The van der Waals surface area contributed by atoms with Gasteiger partial charge in [-0.1, -0.05) is 0 Å². The van der Waals surface area contributed by atoms with E-state index in [9.17, 15) is 5.11 Å². The van der Waals surface area contributed by atoms with Gasteiger partial charge in [0.05, 0.1) is 6.10 Å². The van der Waals surface area contributed by atoms with Gasteiger partial charge in [-0.05, 0) is 20.8 Å². The summed E-state index contributed by atoms with van der Waals surface area (Å²) in [6.45, 7) is 5.28. The third-order valence-corrected chi connectivity index (χ3v) is 4.31. The lowest BCUT2D eigenvalue weighted by Crippen LogP contribution is -2.72. The maximum absolute atomic E-state index is 10.3. The minimum Gasteiger partial charge on any atom is -0.385 e. The van der Waals surface area contributed by atoms with Crippen LogP contribution in [0.4, 0.5) is 0 Å². The molecule has 0 bridgehead atoms. The standard InChI is InChI=1S/C13H24O7/c1-7-9-10(8(14)11(15-4)18-7)20-13(3,17-6)12(2,16-5)19-9/h7-11,14H,1-6H3/t7-,8+,9-,10-,11+,12-,13-/m1/s1. The maximum atomic E-state index is 10.3. The molecule has 2 heterocycles. The first-order valence-corrected chi connectivity index (χ1v) is 6.64. The molecule has 0 unspecified atom stereocenters. The number of hydrogen-bond donors (Lipinski definition) is 1. The minimum absolute atomic E-state index is 0.316. The van der Waals surface area contributed by atoms with Gasteiger partial charge in [0.2, 0.25) is 11.6 Å². The van der Waals surface area contributed by atoms with Gasteiger partial charge in [-0.15, -0.1) is 0 Å². The summed E-state index contributed by atoms with van der Waals surface area (Å²) in [4.78, 5) is 0. The van der Waals surface area contributed by atoms with E-state index < -0.39 is 36.2 Å². The highest BCUT2D eigenvalue weighted by Gasteiger charge is 2.61. The summed E-state index contributed by atoms with van der Waals surface area (Å²) in [5.74, 6) is -2.26. The van der Waals surface area contributed by atoms with Crippen molar-refractivity contribution in [1.29, 1.82) is 0 Å². The Balaban J connectivity index is 2.30. The lowest BCUT2D eigenvalue weighted by Gasteiger charge is -2.56. The summed E-state index contributed by atoms with van der Waals surface area (Å²) in [6.07, 6.45) is -3.16. The molecule has 7 nitrogen and oxygen atoms in total. The van der Waals surface area contributed by atoms with Crippen molar-refractivity contribution in [3.8, 4) is 0 Å². The monoisotopic (exact) mass is 292 g/mol. The predicted octanol–water partition coefficient (Wildman–Crippen LogP) is 0.248. The van der Waals surface area contributed by atoms with E-state index in [0.717, 1.165) is 0 Å². The van der Waals surface area contributed by atoms with E-state index >= 15 is 0 Å². The number of methoxy groups -OCH3 is 3. The molecule has 2 aliphatic rings. The number of fused-ring (bicyclic) bond motifs is 1. The van der Waals surface area contributed by atoms with Crippen LogP contribution < -0.4 is 0 Å². The summed E-state index contributed by atoms with van der Waals surface area (Å²) in [5, 5.41) is 10.3. The molecule has 1 N–H and O–H groups in total. The first-order chi connectivity index (χ1) is 9.31. The topological polar surface area (TPSA) is 75.6 Å². The SMILES string of the molecule is CO[C@H]1O[C@H](C)[C@H]2O[C@@](C)(OC)[C@](C)(OC)O[C@@H]2[C@@H]1O. The molecule has 2 aliphatic heterocycles. The minimum atomic E-state index is -1.15. The molecule has 0 spiro atoms. The Labute approximate surface area is 119 Å². The number of hydrogen-bond acceptors (Lipinski definition) is 7. The quantitative estimate of drug-likeness (QED) is 0.799. The van der Waals surface area contributed by atoms with Crippen LogP contribution in [0.1, 0.15) is 20.8 Å². The van der Waals surface area contributed by atoms with Crippen molar-refractivity contribution >= 4 is 0 Å². The van der Waals surface area contributed by atoms with Crippen LogP contribution >= 0.6 is 0 Å². The fraction of sp³-hybridized carbons (Fsp3) is 1.00. The maximum Gasteiger partial charge on any atom is 0.220 e. The molecule has 0 aliphatic carbocycles. The van der Waals surface area contributed by atoms with Crippen molar-refractivity contribution in [3.63, 3.8) is 0 Å². The van der Waals surface area contributed by atoms with Crippen LogP contribution in [0.2, 0.25) is 0 Å². The van der Waals surface area contributed by atoms with Crippen molar-refractivity contribution in [2.45, 2.75) is 63.1 Å². The molecular weight excluding hydrogens is 268 g/mol. The average molecular weight is 292 g/mol. The summed E-state index contributed by atoms with van der Waals surface area (Å²) < 4.78 is 33.5. The molecule has 0 radical (unpaired) electrons. The van der Waals surface area contributed by atoms with Gasteiger partial charge in [0, 0.05) is 21.3 Å². The number of aliphatic hydroxyl groups excluding tert-OH is 1. The second-order valence-electron chi connectivity index (χ2n) is 5.40. The van der Waals surface area contributed by atoms with Crippen LogP contribution in [-0.2, 0) is 28.4 Å². The van der Waals surface area contributed by atoms with E-state index in [4.69, 9.17) is 28.4 Å². The van der Waals surface area contributed by atoms with Crippen LogP contribution in [0.5, 0.6) is 0 Å². The fourth-order valence-electron chi connectivity index (χ4n) is 2.68. The number of ether oxygens (including phenoxy) is 6. The Kier molecular flexibility index (Phi) is 4.42. The molecule has 7 heteroatoms. The third-order valence-electron chi connectivity index (χ3n) is 4.31. The third kappa shape index (κ3) is 2.27. The molecule has 0 amide bonds. The van der Waals surface area contributed by atoms with Gasteiger partial charge < -0.3 is 33.5 Å². The van der Waals surface area contributed by atoms with Gasteiger partial charge in [-0.25, -0.2) is 0 Å². The van der Waals surface area contributed by atoms with Crippen LogP contribution in [0, 0.1) is 0 Å². The molecule has 2 saturated heterocycles. The Hall–Kier alpha value is -0.280. The normalized spacial score (nSPS) is 52.6. The number of aliphatic hydroxyl groups is 1. The van der Waals surface area contributed by atoms with Crippen LogP contribution in [0.25, 0.3) is 0 Å². The molecule has 2 rings (SSSR count). The van der Waals surface area contributed by atoms with Crippen molar-refractivity contribution in [2.24, 2.45) is 0 Å². The molecule has 2 fully saturated rings. The Morgan fingerprint density at radius 1 is 0.950 bits per heavy atom. The zero-order chi connectivity index (χ0) is 15.1. The van der Waals surface area contributed by atoms with Crippen molar-refractivity contribution in [2.75, 3.05) is 21.3 Å². The van der Waals surface area contributed by atoms with E-state index in [1.807, 2.05) is 6.92 Å². The molecule has 118 valence electrons. The van der Waals surface area contributed by atoms with Gasteiger partial charge in [-0.2, -0.15) is 0 Å². The van der Waals surface area contributed by atoms with Crippen molar-refractivity contribution in [3.05, 3.63) is 0 Å². The van der Waals surface area contributed by atoms with Gasteiger partial charge in [0.1, 0.15) is 18.3 Å². The number of rotatable bonds is 3. The highest BCUT2D eigenvalue weighted by atomic mass is 16.8. The second kappa shape index (κ2) is 5.49. The predicted molar refractivity (Wildman–Crippen MR) is 67.9 cm³/mol. The van der Waals surface area contributed by atoms with E-state index in [1.54, 1.807) is 13.8 Å². The van der Waals surface area contributed by atoms with Gasteiger partial charge in [-0.3, -0.25) is 0 Å². The lowest BCUT2D eigenvalue weighted by atomic mass is 9.94. The van der Waals surface area contributed by atoms with Crippen LogP contribution in [0.15, 0.2) is 0 Å². The van der Waals surface area contributed by atoms with E-state index in [-0.39, 0.29) is 6.10 Å². The molecule has 0 aromatic carbocycles. The molecule has 0 aromatic rings. The molecule has 0 aromatic heterocycles. The Morgan fingerprint density at radius 2 is 1.45 bits per heavy atom. The summed E-state index contributed by atoms with van der Waals surface area (Å²) in [6, 6.07) is 0. The zero-order valence-electron chi connectivity index (χ0n) is 12.8. The largest absolute Gasteiger partial charge is 0.385 e. The zero-order valence-corrected chi connectivity index (χ0v) is 12.8. The summed E-state index contributed by atoms with van der Waals surface area (Å²) >= 11 is 0. The van der Waals surface area contributed by atoms with Gasteiger partial charge >= 0.3 is 0 Å². The molecule has 20 heavy (non-hydrogen) atoms. The van der Waals surface area contributed by atoms with E-state index in [1.165, 1.54) is 21.3 Å².